The van der Waals surface area contributed by atoms with Crippen molar-refractivity contribution >= 4 is 21.6 Å². The molecule has 1 saturated heterocycles. The Kier molecular flexibility index (Phi) is 3.12. The number of hydrogen-bond donors (Lipinski definition) is 3. The molecule has 0 amide bonds. The number of hydrogen-bond acceptors (Lipinski definition) is 5. The predicted molar refractivity (Wildman–Crippen MR) is 87.1 cm³/mol. The zero-order valence-electron chi connectivity index (χ0n) is 12.4. The molecule has 1 aliphatic heterocycles. The normalized spacial score (nSPS) is 21.7. The van der Waals surface area contributed by atoms with Crippen LogP contribution < -0.4 is 10.9 Å². The molecule has 0 radical (unpaired) electrons. The maximum Gasteiger partial charge on any atom is 0.268 e. The summed E-state index contributed by atoms with van der Waals surface area (Å²) < 4.78 is 0.671. The molecular weight excluding hydrogens is 298 g/mol. The molecule has 22 heavy (non-hydrogen) atoms. The highest BCUT2D eigenvalue weighted by molar-refractivity contribution is 7.22. The Labute approximate surface area is 131 Å². The number of thiophene rings is 1. The predicted octanol–water partition coefficient (Wildman–Crippen LogP) is 2.35. The topological polar surface area (TPSA) is 86.5 Å². The Morgan fingerprint density at radius 1 is 1.41 bits per heavy atom. The van der Waals surface area contributed by atoms with Crippen molar-refractivity contribution in [2.24, 2.45) is 5.92 Å². The SMILES string of the molecule is Cc1[nH]ncc1-c1cc2nc([C@H]3NCC[C@@H]3C)[nH]c(=O)c2s1. The van der Waals surface area contributed by atoms with Gasteiger partial charge in [0.05, 0.1) is 17.8 Å². The molecule has 114 valence electrons. The van der Waals surface area contributed by atoms with Crippen molar-refractivity contribution in [3.8, 4) is 10.4 Å². The second-order valence-electron chi connectivity index (χ2n) is 5.88. The van der Waals surface area contributed by atoms with Crippen molar-refractivity contribution in [3.05, 3.63) is 34.1 Å². The van der Waals surface area contributed by atoms with Crippen LogP contribution in [0, 0.1) is 12.8 Å². The first kappa shape index (κ1) is 13.7. The maximum atomic E-state index is 12.4. The van der Waals surface area contributed by atoms with Crippen molar-refractivity contribution in [1.82, 2.24) is 25.5 Å². The van der Waals surface area contributed by atoms with Crippen LogP contribution in [-0.2, 0) is 0 Å². The summed E-state index contributed by atoms with van der Waals surface area (Å²) in [6.07, 6.45) is 2.89. The third kappa shape index (κ3) is 2.08. The minimum Gasteiger partial charge on any atom is -0.308 e. The van der Waals surface area contributed by atoms with Gasteiger partial charge in [-0.3, -0.25) is 9.89 Å². The minimum absolute atomic E-state index is 0.0571. The largest absolute Gasteiger partial charge is 0.308 e. The molecule has 0 spiro atoms. The van der Waals surface area contributed by atoms with E-state index in [0.29, 0.717) is 10.6 Å². The molecule has 6 nitrogen and oxygen atoms in total. The number of aryl methyl sites for hydroxylation is 1. The summed E-state index contributed by atoms with van der Waals surface area (Å²) in [5, 5.41) is 10.4. The van der Waals surface area contributed by atoms with Crippen LogP contribution in [0.15, 0.2) is 17.1 Å². The van der Waals surface area contributed by atoms with Gasteiger partial charge >= 0.3 is 0 Å². The Balaban J connectivity index is 1.85. The average molecular weight is 315 g/mol. The van der Waals surface area contributed by atoms with E-state index < -0.39 is 0 Å². The molecular formula is C15H17N5OS. The highest BCUT2D eigenvalue weighted by atomic mass is 32.1. The van der Waals surface area contributed by atoms with E-state index in [0.717, 1.165) is 40.4 Å². The van der Waals surface area contributed by atoms with Gasteiger partial charge in [-0.25, -0.2) is 4.98 Å². The Bertz CT molecular complexity index is 893. The van der Waals surface area contributed by atoms with E-state index in [4.69, 9.17) is 4.98 Å². The van der Waals surface area contributed by atoms with Crippen molar-refractivity contribution in [1.29, 1.82) is 0 Å². The first-order valence-electron chi connectivity index (χ1n) is 7.41. The molecule has 0 aromatic carbocycles. The molecule has 1 fully saturated rings. The Hall–Kier alpha value is -1.99. The van der Waals surface area contributed by atoms with E-state index in [1.807, 2.05) is 13.0 Å². The molecule has 4 rings (SSSR count). The number of rotatable bonds is 2. The van der Waals surface area contributed by atoms with E-state index in [-0.39, 0.29) is 11.6 Å². The molecule has 0 saturated carbocycles. The lowest BCUT2D eigenvalue weighted by Gasteiger charge is -2.14. The van der Waals surface area contributed by atoms with Gasteiger partial charge in [-0.15, -0.1) is 11.3 Å². The molecule has 0 bridgehead atoms. The fourth-order valence-corrected chi connectivity index (χ4v) is 4.10. The van der Waals surface area contributed by atoms with E-state index >= 15 is 0 Å². The summed E-state index contributed by atoms with van der Waals surface area (Å²) in [5.41, 5.74) is 2.73. The average Bonchev–Trinajstić information content (AvgIpc) is 3.17. The van der Waals surface area contributed by atoms with Crippen molar-refractivity contribution in [3.63, 3.8) is 0 Å². The van der Waals surface area contributed by atoms with E-state index in [9.17, 15) is 4.79 Å². The van der Waals surface area contributed by atoms with Crippen LogP contribution >= 0.6 is 11.3 Å². The van der Waals surface area contributed by atoms with Gasteiger partial charge in [-0.1, -0.05) is 6.92 Å². The van der Waals surface area contributed by atoms with Crippen LogP contribution in [-0.4, -0.2) is 26.7 Å². The number of fused-ring (bicyclic) bond motifs is 1. The number of nitrogens with one attached hydrogen (secondary N) is 3. The van der Waals surface area contributed by atoms with Gasteiger partial charge in [-0.2, -0.15) is 5.10 Å². The molecule has 4 heterocycles. The lowest BCUT2D eigenvalue weighted by Crippen LogP contribution is -2.22. The molecule has 7 heteroatoms. The van der Waals surface area contributed by atoms with Gasteiger partial charge in [0.1, 0.15) is 10.5 Å². The van der Waals surface area contributed by atoms with Gasteiger partial charge in [0.25, 0.3) is 5.56 Å². The molecule has 3 aromatic heterocycles. The van der Waals surface area contributed by atoms with Gasteiger partial charge in [0, 0.05) is 16.1 Å². The van der Waals surface area contributed by atoms with Crippen molar-refractivity contribution in [2.75, 3.05) is 6.54 Å². The summed E-state index contributed by atoms with van der Waals surface area (Å²) in [6, 6.07) is 2.12. The van der Waals surface area contributed by atoms with E-state index in [2.05, 4.69) is 27.4 Å². The quantitative estimate of drug-likeness (QED) is 0.677. The van der Waals surface area contributed by atoms with Crippen molar-refractivity contribution < 1.29 is 0 Å². The van der Waals surface area contributed by atoms with E-state index in [1.165, 1.54) is 11.3 Å². The first-order chi connectivity index (χ1) is 10.6. The number of aromatic nitrogens is 4. The molecule has 2 atom stereocenters. The van der Waals surface area contributed by atoms with Crippen LogP contribution in [0.2, 0.25) is 0 Å². The van der Waals surface area contributed by atoms with Crippen LogP contribution in [0.3, 0.4) is 0 Å². The summed E-state index contributed by atoms with van der Waals surface area (Å²) in [6.45, 7) is 5.12. The number of H-pyrrole nitrogens is 2. The smallest absolute Gasteiger partial charge is 0.268 e. The fourth-order valence-electron chi connectivity index (χ4n) is 3.04. The summed E-state index contributed by atoms with van der Waals surface area (Å²) in [5.74, 6) is 1.23. The van der Waals surface area contributed by atoms with Gasteiger partial charge in [0.15, 0.2) is 0 Å². The molecule has 0 aliphatic carbocycles. The third-order valence-corrected chi connectivity index (χ3v) is 5.48. The molecule has 3 N–H and O–H groups in total. The van der Waals surface area contributed by atoms with Crippen LogP contribution in [0.1, 0.15) is 30.9 Å². The number of nitrogens with zero attached hydrogens (tertiary/aromatic N) is 2. The first-order valence-corrected chi connectivity index (χ1v) is 8.22. The highest BCUT2D eigenvalue weighted by Gasteiger charge is 2.27. The van der Waals surface area contributed by atoms with Crippen LogP contribution in [0.4, 0.5) is 0 Å². The van der Waals surface area contributed by atoms with E-state index in [1.54, 1.807) is 6.20 Å². The lowest BCUT2D eigenvalue weighted by molar-refractivity contribution is 0.480. The molecule has 0 unspecified atom stereocenters. The standard InChI is InChI=1S/C15H17N5OS/c1-7-3-4-16-12(7)14-18-10-5-11(9-6-17-20-8(9)2)22-13(10)15(21)19-14/h5-7,12,16H,3-4H2,1-2H3,(H,17,20)(H,18,19,21)/t7-,12-/m0/s1. The Morgan fingerprint density at radius 2 is 2.27 bits per heavy atom. The zero-order chi connectivity index (χ0) is 15.3. The molecule has 3 aromatic rings. The number of aromatic amines is 2. The fraction of sp³-hybridized carbons (Fsp3) is 0.400. The van der Waals surface area contributed by atoms with Crippen LogP contribution in [0.5, 0.6) is 0 Å². The summed E-state index contributed by atoms with van der Waals surface area (Å²) >= 11 is 1.46. The monoisotopic (exact) mass is 315 g/mol. The summed E-state index contributed by atoms with van der Waals surface area (Å²) in [4.78, 5) is 21.1. The van der Waals surface area contributed by atoms with Gasteiger partial charge < -0.3 is 10.3 Å². The second-order valence-corrected chi connectivity index (χ2v) is 6.93. The zero-order valence-corrected chi connectivity index (χ0v) is 13.3. The lowest BCUT2D eigenvalue weighted by atomic mass is 10.0. The van der Waals surface area contributed by atoms with Crippen LogP contribution in [0.25, 0.3) is 20.7 Å². The molecule has 1 aliphatic rings. The Morgan fingerprint density at radius 3 is 2.95 bits per heavy atom. The third-order valence-electron chi connectivity index (χ3n) is 4.32. The van der Waals surface area contributed by atoms with Gasteiger partial charge in [-0.05, 0) is 31.9 Å². The second kappa shape index (κ2) is 5.03. The van der Waals surface area contributed by atoms with Crippen molar-refractivity contribution in [2.45, 2.75) is 26.3 Å². The van der Waals surface area contributed by atoms with Gasteiger partial charge in [0.2, 0.25) is 0 Å². The highest BCUT2D eigenvalue weighted by Crippen LogP contribution is 2.33. The minimum atomic E-state index is -0.0571. The summed E-state index contributed by atoms with van der Waals surface area (Å²) in [7, 11) is 0. The maximum absolute atomic E-state index is 12.4.